The fraction of sp³-hybridized carbons (Fsp3) is 0.364. The molecule has 2 aromatic heterocycles. The predicted molar refractivity (Wildman–Crippen MR) is 153 cm³/mol. The molecule has 2 nitrogen and oxygen atoms in total. The smallest absolute Gasteiger partial charge is 0.222 e. The van der Waals surface area contributed by atoms with Crippen LogP contribution in [0, 0.1) is 17.8 Å². The highest BCUT2D eigenvalue weighted by molar-refractivity contribution is 8.00. The summed E-state index contributed by atoms with van der Waals surface area (Å²) in [6, 6.07) is 13.9. The Morgan fingerprint density at radius 2 is 1.58 bits per heavy atom. The molecule has 0 fully saturated rings. The van der Waals surface area contributed by atoms with Gasteiger partial charge in [0.05, 0.1) is 17.2 Å². The molecule has 0 unspecified atom stereocenters. The summed E-state index contributed by atoms with van der Waals surface area (Å²) in [6.07, 6.45) is 6.14. The van der Waals surface area contributed by atoms with E-state index in [2.05, 4.69) is 103 Å². The zero-order chi connectivity index (χ0) is 25.6. The molecule has 0 saturated heterocycles. The molecule has 0 saturated carbocycles. The normalized spacial score (nSPS) is 13.7. The third-order valence-electron chi connectivity index (χ3n) is 7.36. The first kappa shape index (κ1) is 23.6. The molecule has 3 aromatic carbocycles. The number of aryl methyl sites for hydroxylation is 2. The molecular formula is C33H36NOS+. The summed E-state index contributed by atoms with van der Waals surface area (Å²) in [7, 11) is 2.19. The third-order valence-corrected chi connectivity index (χ3v) is 8.64. The Morgan fingerprint density at radius 3 is 2.31 bits per heavy atom. The van der Waals surface area contributed by atoms with Crippen molar-refractivity contribution in [3.63, 3.8) is 0 Å². The number of rotatable bonds is 2. The van der Waals surface area contributed by atoms with E-state index in [9.17, 15) is 0 Å². The zero-order valence-corrected chi connectivity index (χ0v) is 23.6. The minimum absolute atomic E-state index is 0.151. The summed E-state index contributed by atoms with van der Waals surface area (Å²) in [6.45, 7) is 16.2. The number of furan rings is 1. The van der Waals surface area contributed by atoms with Crippen molar-refractivity contribution in [1.82, 2.24) is 0 Å². The summed E-state index contributed by atoms with van der Waals surface area (Å²) >= 11 is 1.96. The van der Waals surface area contributed by atoms with Gasteiger partial charge in [0.1, 0.15) is 12.6 Å². The second kappa shape index (κ2) is 7.86. The van der Waals surface area contributed by atoms with Crippen molar-refractivity contribution in [2.45, 2.75) is 71.1 Å². The van der Waals surface area contributed by atoms with Crippen molar-refractivity contribution in [1.29, 1.82) is 0 Å². The fourth-order valence-corrected chi connectivity index (χ4v) is 7.44. The predicted octanol–water partition coefficient (Wildman–Crippen LogP) is 9.18. The van der Waals surface area contributed by atoms with E-state index < -0.39 is 0 Å². The van der Waals surface area contributed by atoms with Crippen molar-refractivity contribution in [3.05, 3.63) is 65.5 Å². The number of aromatic nitrogens is 1. The molecule has 0 bridgehead atoms. The van der Waals surface area contributed by atoms with Crippen LogP contribution in [0.15, 0.2) is 63.1 Å². The van der Waals surface area contributed by atoms with E-state index in [1.165, 1.54) is 64.7 Å². The fourth-order valence-electron chi connectivity index (χ4n) is 5.98. The monoisotopic (exact) mass is 494 g/mol. The molecule has 3 heteroatoms. The molecule has 1 aliphatic heterocycles. The van der Waals surface area contributed by atoms with E-state index in [1.54, 1.807) is 0 Å². The number of fused-ring (bicyclic) bond motifs is 5. The Hall–Kier alpha value is -2.78. The van der Waals surface area contributed by atoms with Crippen LogP contribution in [0.25, 0.3) is 43.8 Å². The molecule has 0 atom stereocenters. The SMILES string of the molecule is Cc1c2c(c(CC(C)(C)C)c3occc13)Sc1c3ccc(CC(C)(C)C)cc3cc3cc[n+](C)c-2c13. The van der Waals surface area contributed by atoms with Crippen LogP contribution in [-0.4, -0.2) is 0 Å². The van der Waals surface area contributed by atoms with Crippen LogP contribution in [0.1, 0.15) is 58.2 Å². The molecule has 0 radical (unpaired) electrons. The first-order chi connectivity index (χ1) is 16.9. The van der Waals surface area contributed by atoms with Gasteiger partial charge in [0.2, 0.25) is 5.69 Å². The molecule has 36 heavy (non-hydrogen) atoms. The number of nitrogens with zero attached hydrogens (tertiary/aromatic N) is 1. The number of hydrogen-bond acceptors (Lipinski definition) is 2. The summed E-state index contributed by atoms with van der Waals surface area (Å²) in [4.78, 5) is 2.75. The van der Waals surface area contributed by atoms with Gasteiger partial charge in [-0.25, -0.2) is 4.57 Å². The summed E-state index contributed by atoms with van der Waals surface area (Å²) in [5.74, 6) is 0. The Labute approximate surface area is 218 Å². The lowest BCUT2D eigenvalue weighted by Crippen LogP contribution is -2.32. The van der Waals surface area contributed by atoms with Crippen LogP contribution in [0.3, 0.4) is 0 Å². The van der Waals surface area contributed by atoms with Crippen molar-refractivity contribution in [3.8, 4) is 11.3 Å². The van der Waals surface area contributed by atoms with E-state index in [4.69, 9.17) is 4.42 Å². The summed E-state index contributed by atoms with van der Waals surface area (Å²) < 4.78 is 8.49. The van der Waals surface area contributed by atoms with Crippen LogP contribution in [-0.2, 0) is 19.9 Å². The average Bonchev–Trinajstić information content (AvgIpc) is 3.26. The second-order valence-electron chi connectivity index (χ2n) is 13.0. The quantitative estimate of drug-likeness (QED) is 0.176. The summed E-state index contributed by atoms with van der Waals surface area (Å²) in [5, 5.41) is 6.62. The van der Waals surface area contributed by atoms with E-state index in [-0.39, 0.29) is 10.8 Å². The zero-order valence-electron chi connectivity index (χ0n) is 22.8. The van der Waals surface area contributed by atoms with Gasteiger partial charge in [0.15, 0.2) is 6.20 Å². The standard InChI is InChI=1S/C33H36NOS/c1-19-23-12-14-35-29(23)25(18-33(5,6)7)31-26(19)28-27-21(11-13-34(28)8)16-22-15-20(17-32(2,3)4)9-10-24(22)30(27)36-31/h9-16H,17-18H2,1-8H3/q+1. The molecule has 0 amide bonds. The minimum atomic E-state index is 0.151. The first-order valence-electron chi connectivity index (χ1n) is 13.0. The molecular weight excluding hydrogens is 458 g/mol. The van der Waals surface area contributed by atoms with Gasteiger partial charge in [-0.1, -0.05) is 71.5 Å². The Balaban J connectivity index is 1.71. The average molecular weight is 495 g/mol. The van der Waals surface area contributed by atoms with E-state index in [0.717, 1.165) is 18.4 Å². The van der Waals surface area contributed by atoms with E-state index in [0.29, 0.717) is 0 Å². The van der Waals surface area contributed by atoms with Gasteiger partial charge in [-0.15, -0.1) is 0 Å². The number of benzene rings is 3. The molecule has 0 N–H and O–H groups in total. The van der Waals surface area contributed by atoms with Crippen LogP contribution >= 0.6 is 11.8 Å². The molecule has 5 aromatic rings. The van der Waals surface area contributed by atoms with E-state index in [1.807, 2.05) is 18.0 Å². The van der Waals surface area contributed by atoms with Crippen LogP contribution in [0.5, 0.6) is 0 Å². The van der Waals surface area contributed by atoms with Gasteiger partial charge in [-0.05, 0) is 70.0 Å². The van der Waals surface area contributed by atoms with Gasteiger partial charge in [0.25, 0.3) is 0 Å². The second-order valence-corrected chi connectivity index (χ2v) is 14.1. The molecule has 0 aliphatic carbocycles. The Kier molecular flexibility index (Phi) is 5.15. The topological polar surface area (TPSA) is 17.0 Å². The number of hydrogen-bond donors (Lipinski definition) is 0. The molecule has 6 rings (SSSR count). The van der Waals surface area contributed by atoms with Crippen molar-refractivity contribution in [2.24, 2.45) is 17.9 Å². The first-order valence-corrected chi connectivity index (χ1v) is 13.8. The molecule has 3 heterocycles. The number of pyridine rings is 1. The maximum Gasteiger partial charge on any atom is 0.222 e. The van der Waals surface area contributed by atoms with Crippen LogP contribution < -0.4 is 4.57 Å². The van der Waals surface area contributed by atoms with Gasteiger partial charge in [-0.3, -0.25) is 0 Å². The minimum Gasteiger partial charge on any atom is -0.464 e. The third kappa shape index (κ3) is 3.75. The highest BCUT2D eigenvalue weighted by Gasteiger charge is 2.34. The maximum atomic E-state index is 6.16. The Bertz CT molecular complexity index is 1690. The lowest BCUT2D eigenvalue weighted by molar-refractivity contribution is -0.659. The van der Waals surface area contributed by atoms with Crippen molar-refractivity contribution in [2.75, 3.05) is 0 Å². The van der Waals surface area contributed by atoms with Gasteiger partial charge < -0.3 is 4.42 Å². The van der Waals surface area contributed by atoms with Crippen molar-refractivity contribution < 1.29 is 8.98 Å². The lowest BCUT2D eigenvalue weighted by Gasteiger charge is -2.27. The highest BCUT2D eigenvalue weighted by atomic mass is 32.2. The lowest BCUT2D eigenvalue weighted by atomic mass is 9.84. The van der Waals surface area contributed by atoms with Gasteiger partial charge in [0, 0.05) is 26.8 Å². The highest BCUT2D eigenvalue weighted by Crippen LogP contribution is 2.54. The molecule has 184 valence electrons. The van der Waals surface area contributed by atoms with Gasteiger partial charge in [-0.2, -0.15) is 0 Å². The van der Waals surface area contributed by atoms with Crippen LogP contribution in [0.2, 0.25) is 0 Å². The largest absolute Gasteiger partial charge is 0.464 e. The molecule has 1 aliphatic rings. The van der Waals surface area contributed by atoms with Crippen molar-refractivity contribution >= 4 is 44.3 Å². The van der Waals surface area contributed by atoms with E-state index >= 15 is 0 Å². The maximum absolute atomic E-state index is 6.16. The summed E-state index contributed by atoms with van der Waals surface area (Å²) in [5.41, 5.74) is 8.24. The van der Waals surface area contributed by atoms with Crippen LogP contribution in [0.4, 0.5) is 0 Å². The molecule has 0 spiro atoms. The Morgan fingerprint density at radius 1 is 0.833 bits per heavy atom. The van der Waals surface area contributed by atoms with Gasteiger partial charge >= 0.3 is 0 Å².